The maximum Gasteiger partial charge on any atom is 0.416 e. The summed E-state index contributed by atoms with van der Waals surface area (Å²) in [7, 11) is -3.73. The van der Waals surface area contributed by atoms with Crippen LogP contribution in [0, 0.1) is 0 Å². The number of hydrogen-bond donors (Lipinski definition) is 2. The second-order valence-electron chi connectivity index (χ2n) is 7.52. The van der Waals surface area contributed by atoms with E-state index >= 15 is 0 Å². The number of aryl methyl sites for hydroxylation is 1. The Morgan fingerprint density at radius 1 is 0.939 bits per heavy atom. The molecule has 0 saturated carbocycles. The minimum atomic E-state index is -4.49. The van der Waals surface area contributed by atoms with Crippen molar-refractivity contribution in [1.82, 2.24) is 4.72 Å². The molecule has 0 fully saturated rings. The number of anilines is 1. The number of rotatable bonds is 8. The van der Waals surface area contributed by atoms with E-state index in [-0.39, 0.29) is 17.0 Å². The summed E-state index contributed by atoms with van der Waals surface area (Å²) >= 11 is 0. The van der Waals surface area contributed by atoms with Gasteiger partial charge >= 0.3 is 6.18 Å². The molecule has 1 amide bonds. The Morgan fingerprint density at radius 3 is 2.24 bits per heavy atom. The van der Waals surface area contributed by atoms with Crippen LogP contribution in [0.25, 0.3) is 0 Å². The maximum absolute atomic E-state index is 12.8. The Morgan fingerprint density at radius 2 is 1.61 bits per heavy atom. The molecule has 1 unspecified atom stereocenters. The normalized spacial score (nSPS) is 12.8. The highest BCUT2D eigenvalue weighted by Gasteiger charge is 2.30. The third kappa shape index (κ3) is 6.90. The molecule has 0 aromatic heterocycles. The Bertz CT molecular complexity index is 1200. The van der Waals surface area contributed by atoms with Gasteiger partial charge in [-0.25, -0.2) is 13.1 Å². The molecule has 0 spiro atoms. The fourth-order valence-electron chi connectivity index (χ4n) is 3.20. The first-order chi connectivity index (χ1) is 15.5. The third-order valence-electron chi connectivity index (χ3n) is 4.98. The van der Waals surface area contributed by atoms with Crippen molar-refractivity contribution in [3.63, 3.8) is 0 Å². The zero-order chi connectivity index (χ0) is 24.1. The fraction of sp³-hybridized carbons (Fsp3) is 0.208. The van der Waals surface area contributed by atoms with Crippen molar-refractivity contribution in [2.75, 3.05) is 5.32 Å². The number of sulfonamides is 1. The first kappa shape index (κ1) is 24.5. The summed E-state index contributed by atoms with van der Waals surface area (Å²) in [6.07, 6.45) is -4.15. The van der Waals surface area contributed by atoms with Gasteiger partial charge in [-0.2, -0.15) is 13.2 Å². The summed E-state index contributed by atoms with van der Waals surface area (Å²) in [6, 6.07) is 19.3. The molecule has 0 bridgehead atoms. The molecule has 5 nitrogen and oxygen atoms in total. The van der Waals surface area contributed by atoms with Gasteiger partial charge in [0.25, 0.3) is 0 Å². The minimum Gasteiger partial charge on any atom is -0.326 e. The average Bonchev–Trinajstić information content (AvgIpc) is 2.78. The molecule has 3 aromatic rings. The van der Waals surface area contributed by atoms with Crippen molar-refractivity contribution >= 4 is 21.6 Å². The summed E-state index contributed by atoms with van der Waals surface area (Å²) in [5, 5.41) is 2.45. The minimum absolute atomic E-state index is 0.0334. The highest BCUT2D eigenvalue weighted by Crippen LogP contribution is 2.30. The van der Waals surface area contributed by atoms with E-state index in [2.05, 4.69) is 10.0 Å². The van der Waals surface area contributed by atoms with Crippen LogP contribution < -0.4 is 10.0 Å². The Hall–Kier alpha value is -3.17. The highest BCUT2D eigenvalue weighted by molar-refractivity contribution is 7.89. The molecular formula is C24H23F3N2O3S. The predicted molar refractivity (Wildman–Crippen MR) is 120 cm³/mol. The van der Waals surface area contributed by atoms with Crippen LogP contribution in [-0.2, 0) is 27.4 Å². The SMILES string of the molecule is CC(NS(=O)(=O)c1ccc(CCC(=O)Nc2cccc(C(F)(F)F)c2)cc1)c1ccccc1. The molecule has 0 saturated heterocycles. The zero-order valence-corrected chi connectivity index (χ0v) is 18.6. The predicted octanol–water partition coefficient (Wildman–Crippen LogP) is 5.32. The molecule has 1 atom stereocenters. The molecule has 0 heterocycles. The van der Waals surface area contributed by atoms with Gasteiger partial charge in [-0.05, 0) is 54.8 Å². The van der Waals surface area contributed by atoms with Crippen LogP contribution in [0.5, 0.6) is 0 Å². The van der Waals surface area contributed by atoms with Gasteiger partial charge in [0.2, 0.25) is 15.9 Å². The van der Waals surface area contributed by atoms with Crippen molar-refractivity contribution in [2.45, 2.75) is 36.9 Å². The van der Waals surface area contributed by atoms with Crippen LogP contribution in [0.3, 0.4) is 0 Å². The van der Waals surface area contributed by atoms with Crippen molar-refractivity contribution in [1.29, 1.82) is 0 Å². The molecule has 0 radical (unpaired) electrons. The number of nitrogens with one attached hydrogen (secondary N) is 2. The zero-order valence-electron chi connectivity index (χ0n) is 17.8. The first-order valence-electron chi connectivity index (χ1n) is 10.2. The van der Waals surface area contributed by atoms with E-state index in [1.54, 1.807) is 19.1 Å². The summed E-state index contributed by atoms with van der Waals surface area (Å²) in [4.78, 5) is 12.2. The Labute approximate surface area is 190 Å². The molecule has 33 heavy (non-hydrogen) atoms. The van der Waals surface area contributed by atoms with Gasteiger partial charge in [-0.3, -0.25) is 4.79 Å². The summed E-state index contributed by atoms with van der Waals surface area (Å²) in [5.74, 6) is -0.440. The molecule has 2 N–H and O–H groups in total. The third-order valence-corrected chi connectivity index (χ3v) is 6.54. The van der Waals surface area contributed by atoms with Crippen LogP contribution in [0.1, 0.15) is 36.1 Å². The lowest BCUT2D eigenvalue weighted by molar-refractivity contribution is -0.137. The molecule has 0 aliphatic carbocycles. The van der Waals surface area contributed by atoms with E-state index in [0.29, 0.717) is 6.42 Å². The van der Waals surface area contributed by atoms with Crippen molar-refractivity contribution in [2.24, 2.45) is 0 Å². The number of halogens is 3. The van der Waals surface area contributed by atoms with Crippen LogP contribution in [0.4, 0.5) is 18.9 Å². The van der Waals surface area contributed by atoms with Gasteiger partial charge < -0.3 is 5.32 Å². The second-order valence-corrected chi connectivity index (χ2v) is 9.24. The molecular weight excluding hydrogens is 453 g/mol. The second kappa shape index (κ2) is 10.2. The number of benzene rings is 3. The smallest absolute Gasteiger partial charge is 0.326 e. The van der Waals surface area contributed by atoms with E-state index in [0.717, 1.165) is 23.3 Å². The van der Waals surface area contributed by atoms with Crippen LogP contribution in [0.15, 0.2) is 83.8 Å². The van der Waals surface area contributed by atoms with Gasteiger partial charge in [0.1, 0.15) is 0 Å². The van der Waals surface area contributed by atoms with Gasteiger partial charge in [-0.15, -0.1) is 0 Å². The average molecular weight is 477 g/mol. The van der Waals surface area contributed by atoms with Crippen molar-refractivity contribution in [3.05, 3.63) is 95.6 Å². The summed E-state index contributed by atoms with van der Waals surface area (Å²) in [5.41, 5.74) is 0.788. The quantitative estimate of drug-likeness (QED) is 0.462. The molecule has 174 valence electrons. The van der Waals surface area contributed by atoms with Gasteiger partial charge in [0, 0.05) is 18.2 Å². The van der Waals surface area contributed by atoms with Crippen molar-refractivity contribution < 1.29 is 26.4 Å². The number of carbonyl (C=O) groups excluding carboxylic acids is 1. The maximum atomic E-state index is 12.8. The largest absolute Gasteiger partial charge is 0.416 e. The van der Waals surface area contributed by atoms with Crippen molar-refractivity contribution in [3.8, 4) is 0 Å². The number of alkyl halides is 3. The van der Waals surface area contributed by atoms with Gasteiger partial charge in [0.15, 0.2) is 0 Å². The number of hydrogen-bond acceptors (Lipinski definition) is 3. The lowest BCUT2D eigenvalue weighted by atomic mass is 10.1. The van der Waals surface area contributed by atoms with Crippen LogP contribution in [-0.4, -0.2) is 14.3 Å². The van der Waals surface area contributed by atoms with Gasteiger partial charge in [-0.1, -0.05) is 48.5 Å². The number of carbonyl (C=O) groups is 1. The number of amides is 1. The van der Waals surface area contributed by atoms with E-state index in [1.807, 2.05) is 30.3 Å². The van der Waals surface area contributed by atoms with E-state index in [4.69, 9.17) is 0 Å². The lowest BCUT2D eigenvalue weighted by Crippen LogP contribution is -2.26. The monoisotopic (exact) mass is 476 g/mol. The fourth-order valence-corrected chi connectivity index (χ4v) is 4.43. The van der Waals surface area contributed by atoms with E-state index < -0.39 is 33.7 Å². The molecule has 9 heteroatoms. The van der Waals surface area contributed by atoms with Crippen LogP contribution >= 0.6 is 0 Å². The molecule has 3 rings (SSSR count). The molecule has 3 aromatic carbocycles. The first-order valence-corrected chi connectivity index (χ1v) is 11.7. The van der Waals surface area contributed by atoms with Crippen LogP contribution in [0.2, 0.25) is 0 Å². The van der Waals surface area contributed by atoms with Gasteiger partial charge in [0.05, 0.1) is 10.5 Å². The Kier molecular flexibility index (Phi) is 7.55. The Balaban J connectivity index is 1.56. The molecule has 0 aliphatic heterocycles. The lowest BCUT2D eigenvalue weighted by Gasteiger charge is -2.15. The molecule has 0 aliphatic rings. The van der Waals surface area contributed by atoms with E-state index in [9.17, 15) is 26.4 Å². The topological polar surface area (TPSA) is 75.3 Å². The summed E-state index contributed by atoms with van der Waals surface area (Å²) in [6.45, 7) is 1.75. The standard InChI is InChI=1S/C24H23F3N2O3S/c1-17(19-6-3-2-4-7-19)29-33(31,32)22-13-10-18(11-14-22)12-15-23(30)28-21-9-5-8-20(16-21)24(25,26)27/h2-11,13-14,16-17,29H,12,15H2,1H3,(H,28,30). The highest BCUT2D eigenvalue weighted by atomic mass is 32.2. The van der Waals surface area contributed by atoms with E-state index in [1.165, 1.54) is 24.3 Å². The summed E-state index contributed by atoms with van der Waals surface area (Å²) < 4.78 is 66.3.